The smallest absolute Gasteiger partial charge is 0.242 e. The van der Waals surface area contributed by atoms with Crippen molar-refractivity contribution in [2.75, 3.05) is 7.05 Å². The fourth-order valence-corrected chi connectivity index (χ4v) is 1.96. The Morgan fingerprint density at radius 2 is 1.94 bits per heavy atom. The summed E-state index contributed by atoms with van der Waals surface area (Å²) in [7, 11) is 1.57. The molecule has 0 aliphatic heterocycles. The normalized spacial score (nSPS) is 19.4. The fraction of sp³-hybridized carbons (Fsp3) is 0.833. The first kappa shape index (κ1) is 14.0. The van der Waals surface area contributed by atoms with Gasteiger partial charge in [-0.2, -0.15) is 0 Å². The quantitative estimate of drug-likeness (QED) is 0.640. The molecule has 0 spiro atoms. The number of carbonyl (C=O) groups excluding carboxylic acids is 2. The minimum absolute atomic E-state index is 0.157. The van der Waals surface area contributed by atoms with E-state index in [4.69, 9.17) is 5.73 Å². The highest BCUT2D eigenvalue weighted by Crippen LogP contribution is 2.29. The standard InChI is InChI=1S/C12H23N3O2/c1-8(2)7-9(10(16)14-3)15-11(17)12(13)5-4-6-12/h8-9H,4-7,13H2,1-3H3,(H,14,16)(H,15,17). The average Bonchev–Trinajstić information content (AvgIpc) is 2.22. The molecular formula is C12H23N3O2. The first-order chi connectivity index (χ1) is 7.89. The number of rotatable bonds is 5. The Morgan fingerprint density at radius 1 is 1.35 bits per heavy atom. The second kappa shape index (κ2) is 5.49. The largest absolute Gasteiger partial charge is 0.357 e. The number of hydrogen-bond acceptors (Lipinski definition) is 3. The maximum Gasteiger partial charge on any atom is 0.242 e. The molecule has 0 saturated heterocycles. The van der Waals surface area contributed by atoms with E-state index in [0.717, 1.165) is 6.42 Å². The molecule has 0 aromatic rings. The van der Waals surface area contributed by atoms with Crippen molar-refractivity contribution in [3.63, 3.8) is 0 Å². The lowest BCUT2D eigenvalue weighted by molar-refractivity contribution is -0.134. The van der Waals surface area contributed by atoms with Gasteiger partial charge in [-0.1, -0.05) is 13.8 Å². The van der Waals surface area contributed by atoms with Crippen molar-refractivity contribution in [1.82, 2.24) is 10.6 Å². The van der Waals surface area contributed by atoms with Gasteiger partial charge in [0, 0.05) is 7.05 Å². The van der Waals surface area contributed by atoms with Crippen LogP contribution in [0.2, 0.25) is 0 Å². The van der Waals surface area contributed by atoms with Crippen LogP contribution in [0.5, 0.6) is 0 Å². The molecule has 0 bridgehead atoms. The molecule has 98 valence electrons. The Morgan fingerprint density at radius 3 is 2.29 bits per heavy atom. The maximum atomic E-state index is 11.9. The van der Waals surface area contributed by atoms with Crippen LogP contribution in [0.1, 0.15) is 39.5 Å². The summed E-state index contributed by atoms with van der Waals surface area (Å²) < 4.78 is 0. The van der Waals surface area contributed by atoms with E-state index in [2.05, 4.69) is 10.6 Å². The Hall–Kier alpha value is -1.10. The van der Waals surface area contributed by atoms with E-state index in [0.29, 0.717) is 25.2 Å². The van der Waals surface area contributed by atoms with E-state index >= 15 is 0 Å². The molecule has 0 aromatic carbocycles. The van der Waals surface area contributed by atoms with E-state index in [-0.39, 0.29) is 11.8 Å². The van der Waals surface area contributed by atoms with Gasteiger partial charge >= 0.3 is 0 Å². The predicted octanol–water partition coefficient (Wildman–Crippen LogP) is 0.145. The van der Waals surface area contributed by atoms with Crippen molar-refractivity contribution in [1.29, 1.82) is 0 Å². The number of likely N-dealkylation sites (N-methyl/N-ethyl adjacent to an activating group) is 1. The van der Waals surface area contributed by atoms with Crippen molar-refractivity contribution in [3.05, 3.63) is 0 Å². The van der Waals surface area contributed by atoms with E-state index < -0.39 is 11.6 Å². The van der Waals surface area contributed by atoms with Gasteiger partial charge < -0.3 is 16.4 Å². The van der Waals surface area contributed by atoms with Crippen LogP contribution in [0.15, 0.2) is 0 Å². The van der Waals surface area contributed by atoms with Crippen molar-refractivity contribution in [3.8, 4) is 0 Å². The van der Waals surface area contributed by atoms with Gasteiger partial charge in [-0.25, -0.2) is 0 Å². The summed E-state index contributed by atoms with van der Waals surface area (Å²) in [5, 5.41) is 5.33. The summed E-state index contributed by atoms with van der Waals surface area (Å²) in [5.74, 6) is -0.0133. The number of hydrogen-bond donors (Lipinski definition) is 3. The van der Waals surface area contributed by atoms with Gasteiger partial charge in [-0.3, -0.25) is 9.59 Å². The lowest BCUT2D eigenvalue weighted by atomic mass is 9.77. The minimum atomic E-state index is -0.747. The predicted molar refractivity (Wildman–Crippen MR) is 66.2 cm³/mol. The number of nitrogens with one attached hydrogen (secondary N) is 2. The minimum Gasteiger partial charge on any atom is -0.357 e. The Balaban J connectivity index is 2.59. The zero-order chi connectivity index (χ0) is 13.1. The molecule has 1 fully saturated rings. The van der Waals surface area contributed by atoms with Gasteiger partial charge in [0.25, 0.3) is 0 Å². The Labute approximate surface area is 103 Å². The highest BCUT2D eigenvalue weighted by Gasteiger charge is 2.41. The molecule has 4 N–H and O–H groups in total. The molecule has 0 aromatic heterocycles. The van der Waals surface area contributed by atoms with Crippen LogP contribution in [0, 0.1) is 5.92 Å². The Bertz CT molecular complexity index is 298. The van der Waals surface area contributed by atoms with Crippen molar-refractivity contribution < 1.29 is 9.59 Å². The van der Waals surface area contributed by atoms with Crippen LogP contribution in [0.25, 0.3) is 0 Å². The summed E-state index contributed by atoms with van der Waals surface area (Å²) in [5.41, 5.74) is 5.18. The van der Waals surface area contributed by atoms with Crippen LogP contribution in [-0.2, 0) is 9.59 Å². The molecule has 0 radical (unpaired) electrons. The van der Waals surface area contributed by atoms with Gasteiger partial charge in [0.1, 0.15) is 6.04 Å². The van der Waals surface area contributed by atoms with Crippen molar-refractivity contribution in [2.45, 2.75) is 51.1 Å². The number of carbonyl (C=O) groups is 2. The monoisotopic (exact) mass is 241 g/mol. The van der Waals surface area contributed by atoms with Crippen LogP contribution in [0.3, 0.4) is 0 Å². The highest BCUT2D eigenvalue weighted by atomic mass is 16.2. The number of amides is 2. The fourth-order valence-electron chi connectivity index (χ4n) is 1.96. The third kappa shape index (κ3) is 3.43. The summed E-state index contributed by atoms with van der Waals surface area (Å²) in [6, 6.07) is -0.478. The third-order valence-electron chi connectivity index (χ3n) is 3.27. The molecule has 2 amide bonds. The van der Waals surface area contributed by atoms with Gasteiger partial charge in [0.05, 0.1) is 5.54 Å². The van der Waals surface area contributed by atoms with E-state index in [1.165, 1.54) is 0 Å². The van der Waals surface area contributed by atoms with Crippen LogP contribution in [-0.4, -0.2) is 30.4 Å². The maximum absolute atomic E-state index is 11.9. The van der Waals surface area contributed by atoms with Crippen LogP contribution < -0.4 is 16.4 Å². The molecule has 1 aliphatic rings. The summed E-state index contributed by atoms with van der Waals surface area (Å²) in [6.07, 6.45) is 3.03. The zero-order valence-corrected chi connectivity index (χ0v) is 10.9. The van der Waals surface area contributed by atoms with Gasteiger partial charge in [-0.05, 0) is 31.6 Å². The zero-order valence-electron chi connectivity index (χ0n) is 10.9. The van der Waals surface area contributed by atoms with Crippen molar-refractivity contribution >= 4 is 11.8 Å². The lowest BCUT2D eigenvalue weighted by Crippen LogP contribution is -2.61. The van der Waals surface area contributed by atoms with Crippen LogP contribution >= 0.6 is 0 Å². The molecule has 5 nitrogen and oxygen atoms in total. The molecule has 1 rings (SSSR count). The average molecular weight is 241 g/mol. The highest BCUT2D eigenvalue weighted by molar-refractivity contribution is 5.92. The molecule has 1 aliphatic carbocycles. The SMILES string of the molecule is CNC(=O)C(CC(C)C)NC(=O)C1(N)CCC1. The lowest BCUT2D eigenvalue weighted by Gasteiger charge is -2.37. The second-order valence-electron chi connectivity index (χ2n) is 5.28. The van der Waals surface area contributed by atoms with Gasteiger partial charge in [0.15, 0.2) is 0 Å². The van der Waals surface area contributed by atoms with Crippen molar-refractivity contribution in [2.24, 2.45) is 11.7 Å². The van der Waals surface area contributed by atoms with Crippen LogP contribution in [0.4, 0.5) is 0 Å². The van der Waals surface area contributed by atoms with E-state index in [1.807, 2.05) is 13.8 Å². The number of nitrogens with two attached hydrogens (primary N) is 1. The molecule has 5 heteroatoms. The van der Waals surface area contributed by atoms with E-state index in [9.17, 15) is 9.59 Å². The molecule has 0 heterocycles. The summed E-state index contributed by atoms with van der Waals surface area (Å²) in [4.78, 5) is 23.6. The second-order valence-corrected chi connectivity index (χ2v) is 5.28. The first-order valence-corrected chi connectivity index (χ1v) is 6.20. The van der Waals surface area contributed by atoms with Gasteiger partial charge in [-0.15, -0.1) is 0 Å². The van der Waals surface area contributed by atoms with Gasteiger partial charge in [0.2, 0.25) is 11.8 Å². The first-order valence-electron chi connectivity index (χ1n) is 6.20. The third-order valence-corrected chi connectivity index (χ3v) is 3.27. The van der Waals surface area contributed by atoms with E-state index in [1.54, 1.807) is 7.05 Å². The topological polar surface area (TPSA) is 84.2 Å². The molecule has 1 saturated carbocycles. The summed E-state index contributed by atoms with van der Waals surface area (Å²) >= 11 is 0. The molecule has 17 heavy (non-hydrogen) atoms. The molecule has 1 atom stereocenters. The molecular weight excluding hydrogens is 218 g/mol. The summed E-state index contributed by atoms with van der Waals surface area (Å²) in [6.45, 7) is 4.04. The Kier molecular flexibility index (Phi) is 4.51. The molecule has 1 unspecified atom stereocenters.